The molecule has 0 amide bonds. The molecule has 0 radical (unpaired) electrons. The number of hydrogen-bond acceptors (Lipinski definition) is 2. The Morgan fingerprint density at radius 3 is 2.58 bits per heavy atom. The van der Waals surface area contributed by atoms with Crippen LogP contribution in [0.1, 0.15) is 31.9 Å². The van der Waals surface area contributed by atoms with Crippen LogP contribution in [-0.2, 0) is 6.42 Å². The molecular formula is C24H24N2. The normalized spacial score (nSPS) is 20.7. The monoisotopic (exact) mass is 340 g/mol. The average Bonchev–Trinajstić information content (AvgIpc) is 2.71. The molecule has 3 aliphatic rings. The van der Waals surface area contributed by atoms with Gasteiger partial charge in [0.05, 0.1) is 5.71 Å². The molecule has 0 bridgehead atoms. The third-order valence-electron chi connectivity index (χ3n) is 5.29. The van der Waals surface area contributed by atoms with E-state index in [1.54, 1.807) is 0 Å². The zero-order valence-electron chi connectivity index (χ0n) is 15.6. The molecule has 26 heavy (non-hydrogen) atoms. The van der Waals surface area contributed by atoms with Crippen molar-refractivity contribution in [1.29, 1.82) is 5.41 Å². The third-order valence-corrected chi connectivity index (χ3v) is 5.29. The smallest absolute Gasteiger partial charge is 0.0543 e. The summed E-state index contributed by atoms with van der Waals surface area (Å²) in [6.45, 7) is 6.61. The summed E-state index contributed by atoms with van der Waals surface area (Å²) in [5, 5.41) is 8.03. The summed E-state index contributed by atoms with van der Waals surface area (Å²) >= 11 is 0. The Balaban J connectivity index is 2.01. The zero-order chi connectivity index (χ0) is 18.5. The maximum Gasteiger partial charge on any atom is 0.0543 e. The number of benzene rings is 1. The van der Waals surface area contributed by atoms with E-state index in [2.05, 4.69) is 63.3 Å². The van der Waals surface area contributed by atoms with Gasteiger partial charge in [-0.15, -0.1) is 0 Å². The minimum atomic E-state index is 0.0377. The van der Waals surface area contributed by atoms with Crippen LogP contribution >= 0.6 is 0 Å². The Kier molecular flexibility index (Phi) is 3.73. The van der Waals surface area contributed by atoms with Gasteiger partial charge in [0.1, 0.15) is 0 Å². The van der Waals surface area contributed by atoms with Gasteiger partial charge in [0, 0.05) is 11.1 Å². The summed E-state index contributed by atoms with van der Waals surface area (Å²) in [6, 6.07) is 6.20. The lowest BCUT2D eigenvalue weighted by Crippen LogP contribution is -2.13. The van der Waals surface area contributed by atoms with Gasteiger partial charge in [0.15, 0.2) is 0 Å². The topological polar surface area (TPSA) is 49.9 Å². The Bertz CT molecular complexity index is 1000. The van der Waals surface area contributed by atoms with E-state index in [1.807, 2.05) is 18.2 Å². The van der Waals surface area contributed by atoms with Crippen molar-refractivity contribution in [2.75, 3.05) is 5.73 Å². The molecule has 0 heterocycles. The van der Waals surface area contributed by atoms with E-state index in [9.17, 15) is 0 Å². The van der Waals surface area contributed by atoms with Crippen LogP contribution in [0.25, 0.3) is 5.57 Å². The van der Waals surface area contributed by atoms with Crippen LogP contribution in [0.5, 0.6) is 0 Å². The fourth-order valence-electron chi connectivity index (χ4n) is 3.82. The molecule has 0 saturated heterocycles. The first-order valence-electron chi connectivity index (χ1n) is 9.04. The van der Waals surface area contributed by atoms with Crippen molar-refractivity contribution >= 4 is 17.0 Å². The fraction of sp³-hybridized carbons (Fsp3) is 0.208. The Morgan fingerprint density at radius 2 is 1.77 bits per heavy atom. The molecule has 0 spiro atoms. The quantitative estimate of drug-likeness (QED) is 0.646. The minimum Gasteiger partial charge on any atom is -0.399 e. The summed E-state index contributed by atoms with van der Waals surface area (Å²) in [6.07, 6.45) is 15.8. The van der Waals surface area contributed by atoms with E-state index in [0.717, 1.165) is 12.1 Å². The van der Waals surface area contributed by atoms with Crippen LogP contribution in [0, 0.1) is 10.8 Å². The molecule has 0 fully saturated rings. The highest BCUT2D eigenvalue weighted by Gasteiger charge is 2.26. The van der Waals surface area contributed by atoms with E-state index in [0.29, 0.717) is 5.71 Å². The van der Waals surface area contributed by atoms with Gasteiger partial charge in [0.2, 0.25) is 0 Å². The van der Waals surface area contributed by atoms with Crippen LogP contribution in [0.3, 0.4) is 0 Å². The van der Waals surface area contributed by atoms with Crippen molar-refractivity contribution in [2.45, 2.75) is 27.2 Å². The summed E-state index contributed by atoms with van der Waals surface area (Å²) in [5.41, 5.74) is 16.1. The van der Waals surface area contributed by atoms with E-state index in [4.69, 9.17) is 11.1 Å². The lowest BCUT2D eigenvalue weighted by Gasteiger charge is -2.28. The second-order valence-electron chi connectivity index (χ2n) is 7.93. The molecule has 1 aromatic carbocycles. The molecule has 2 nitrogen and oxygen atoms in total. The molecule has 3 aliphatic carbocycles. The van der Waals surface area contributed by atoms with Gasteiger partial charge in [-0.2, -0.15) is 0 Å². The third kappa shape index (κ3) is 2.82. The largest absolute Gasteiger partial charge is 0.399 e. The molecule has 0 aliphatic heterocycles. The molecule has 2 heteroatoms. The van der Waals surface area contributed by atoms with Crippen LogP contribution < -0.4 is 5.73 Å². The lowest BCUT2D eigenvalue weighted by molar-refractivity contribution is 0.627. The van der Waals surface area contributed by atoms with Gasteiger partial charge in [-0.1, -0.05) is 50.3 Å². The second kappa shape index (κ2) is 5.84. The first-order valence-corrected chi connectivity index (χ1v) is 9.04. The number of rotatable bonds is 1. The molecule has 3 N–H and O–H groups in total. The molecule has 0 saturated carbocycles. The number of nitrogens with one attached hydrogen (secondary N) is 1. The maximum absolute atomic E-state index is 8.03. The van der Waals surface area contributed by atoms with E-state index < -0.39 is 0 Å². The standard InChI is InChI=1S/C24H24N2/c1-15-8-10-24(2,3)11-9-20(15)23-21-6-4-18(25)13-16(21)12-17-14-19(26)5-7-22(17)23/h4-11,13-14,25H,12,26H2,1-3H3. The number of hydrogen-bond donors (Lipinski definition) is 2. The van der Waals surface area contributed by atoms with Gasteiger partial charge in [-0.05, 0) is 76.6 Å². The highest BCUT2D eigenvalue weighted by Crippen LogP contribution is 2.43. The van der Waals surface area contributed by atoms with Crippen molar-refractivity contribution in [3.05, 3.63) is 94.2 Å². The molecule has 130 valence electrons. The van der Waals surface area contributed by atoms with E-state index >= 15 is 0 Å². The number of allylic oxidation sites excluding steroid dienone is 12. The van der Waals surface area contributed by atoms with Crippen LogP contribution in [0.2, 0.25) is 0 Å². The van der Waals surface area contributed by atoms with Crippen LogP contribution in [0.15, 0.2) is 83.0 Å². The summed E-state index contributed by atoms with van der Waals surface area (Å²) in [5.74, 6) is 0. The van der Waals surface area contributed by atoms with Gasteiger partial charge >= 0.3 is 0 Å². The van der Waals surface area contributed by atoms with E-state index in [-0.39, 0.29) is 5.41 Å². The number of fused-ring (bicyclic) bond motifs is 2. The highest BCUT2D eigenvalue weighted by atomic mass is 14.5. The summed E-state index contributed by atoms with van der Waals surface area (Å²) in [4.78, 5) is 0. The molecule has 0 aromatic heterocycles. The average molecular weight is 340 g/mol. The first-order chi connectivity index (χ1) is 12.3. The summed E-state index contributed by atoms with van der Waals surface area (Å²) < 4.78 is 0. The van der Waals surface area contributed by atoms with Crippen molar-refractivity contribution < 1.29 is 0 Å². The van der Waals surface area contributed by atoms with Gasteiger partial charge < -0.3 is 11.1 Å². The molecule has 1 aromatic rings. The highest BCUT2D eigenvalue weighted by molar-refractivity contribution is 6.07. The lowest BCUT2D eigenvalue weighted by atomic mass is 9.76. The predicted molar refractivity (Wildman–Crippen MR) is 111 cm³/mol. The Labute approximate surface area is 155 Å². The predicted octanol–water partition coefficient (Wildman–Crippen LogP) is 5.56. The van der Waals surface area contributed by atoms with Crippen molar-refractivity contribution in [2.24, 2.45) is 5.41 Å². The van der Waals surface area contributed by atoms with E-state index in [1.165, 1.54) is 39.0 Å². The minimum absolute atomic E-state index is 0.0377. The fourth-order valence-corrected chi connectivity index (χ4v) is 3.82. The SMILES string of the molecule is CC1=C(C2=C3C=CC(=N)C=C3Cc3cc(N)ccc32)C=CC(C)(C)C=C1. The number of anilines is 1. The van der Waals surface area contributed by atoms with Crippen molar-refractivity contribution in [3.8, 4) is 0 Å². The van der Waals surface area contributed by atoms with Crippen LogP contribution in [-0.4, -0.2) is 5.71 Å². The number of nitrogens with two attached hydrogens (primary N) is 1. The van der Waals surface area contributed by atoms with Crippen molar-refractivity contribution in [3.63, 3.8) is 0 Å². The zero-order valence-corrected chi connectivity index (χ0v) is 15.6. The van der Waals surface area contributed by atoms with Gasteiger partial charge in [-0.25, -0.2) is 0 Å². The summed E-state index contributed by atoms with van der Waals surface area (Å²) in [7, 11) is 0. The molecular weight excluding hydrogens is 316 g/mol. The molecule has 0 atom stereocenters. The van der Waals surface area contributed by atoms with Gasteiger partial charge in [-0.3, -0.25) is 0 Å². The van der Waals surface area contributed by atoms with Crippen molar-refractivity contribution in [1.82, 2.24) is 0 Å². The first kappa shape index (κ1) is 16.6. The Morgan fingerprint density at radius 1 is 1.00 bits per heavy atom. The maximum atomic E-state index is 8.03. The Hall–Kier alpha value is -2.87. The molecule has 0 unspecified atom stereocenters. The van der Waals surface area contributed by atoms with Gasteiger partial charge in [0.25, 0.3) is 0 Å². The molecule has 4 rings (SSSR count). The number of nitrogen functional groups attached to an aromatic ring is 1. The second-order valence-corrected chi connectivity index (χ2v) is 7.93. The van der Waals surface area contributed by atoms with Crippen LogP contribution in [0.4, 0.5) is 5.69 Å².